The van der Waals surface area contributed by atoms with Crippen LogP contribution in [-0.4, -0.2) is 30.9 Å². The molecular formula is C18H23N5. The predicted octanol–water partition coefficient (Wildman–Crippen LogP) is 2.21. The number of nitrogens with one attached hydrogen (secondary N) is 1. The molecule has 120 valence electrons. The molecule has 23 heavy (non-hydrogen) atoms. The zero-order valence-corrected chi connectivity index (χ0v) is 13.6. The van der Waals surface area contributed by atoms with Crippen LogP contribution in [0.25, 0.3) is 0 Å². The van der Waals surface area contributed by atoms with Crippen molar-refractivity contribution in [3.05, 3.63) is 71.8 Å². The highest BCUT2D eigenvalue weighted by molar-refractivity contribution is 5.93. The lowest BCUT2D eigenvalue weighted by Gasteiger charge is -2.12. The van der Waals surface area contributed by atoms with E-state index >= 15 is 0 Å². The standard InChI is InChI=1S/C18H23N5/c1-23(2)17(19)22-18(20-13-15-9-5-3-6-10-15)21-14-16-11-7-4-8-12-16/h3-12H,13-14H2,1-2H3,(H3,19,20,21,22). The van der Waals surface area contributed by atoms with Gasteiger partial charge in [-0.05, 0) is 11.1 Å². The van der Waals surface area contributed by atoms with E-state index in [1.54, 1.807) is 4.90 Å². The van der Waals surface area contributed by atoms with Gasteiger partial charge in [-0.1, -0.05) is 60.7 Å². The summed E-state index contributed by atoms with van der Waals surface area (Å²) in [6.07, 6.45) is 0. The molecule has 0 amide bonds. The predicted molar refractivity (Wildman–Crippen MR) is 96.2 cm³/mol. The second-order valence-electron chi connectivity index (χ2n) is 5.33. The van der Waals surface area contributed by atoms with Crippen molar-refractivity contribution in [1.29, 1.82) is 0 Å². The van der Waals surface area contributed by atoms with Gasteiger partial charge in [-0.2, -0.15) is 4.99 Å². The molecule has 0 aliphatic heterocycles. The Labute approximate surface area is 137 Å². The van der Waals surface area contributed by atoms with Crippen molar-refractivity contribution in [3.8, 4) is 0 Å². The van der Waals surface area contributed by atoms with Gasteiger partial charge in [0, 0.05) is 20.6 Å². The van der Waals surface area contributed by atoms with E-state index in [2.05, 4.69) is 27.4 Å². The third-order valence-electron chi connectivity index (χ3n) is 3.23. The van der Waals surface area contributed by atoms with Crippen molar-refractivity contribution in [1.82, 2.24) is 10.2 Å². The van der Waals surface area contributed by atoms with E-state index in [-0.39, 0.29) is 0 Å². The SMILES string of the molecule is CN(C)C(N)=NC(=NCc1ccccc1)NCc1ccccc1. The summed E-state index contributed by atoms with van der Waals surface area (Å²) >= 11 is 0. The minimum atomic E-state index is 0.414. The van der Waals surface area contributed by atoms with E-state index in [1.807, 2.05) is 62.6 Å². The third kappa shape index (κ3) is 5.82. The minimum absolute atomic E-state index is 0.414. The maximum Gasteiger partial charge on any atom is 0.221 e. The molecule has 0 aliphatic carbocycles. The molecule has 0 spiro atoms. The average Bonchev–Trinajstić information content (AvgIpc) is 2.59. The van der Waals surface area contributed by atoms with E-state index in [1.165, 1.54) is 5.56 Å². The Balaban J connectivity index is 2.09. The lowest BCUT2D eigenvalue weighted by atomic mass is 10.2. The molecule has 0 heterocycles. The average molecular weight is 309 g/mol. The Bertz CT molecular complexity index is 648. The summed E-state index contributed by atoms with van der Waals surface area (Å²) in [4.78, 5) is 10.7. The summed E-state index contributed by atoms with van der Waals surface area (Å²) in [5, 5.41) is 3.25. The van der Waals surface area contributed by atoms with Crippen molar-refractivity contribution in [3.63, 3.8) is 0 Å². The Hall–Kier alpha value is -2.82. The van der Waals surface area contributed by atoms with Crippen LogP contribution in [0.5, 0.6) is 0 Å². The smallest absolute Gasteiger partial charge is 0.221 e. The zero-order chi connectivity index (χ0) is 16.5. The number of nitrogens with zero attached hydrogens (tertiary/aromatic N) is 3. The molecule has 0 fully saturated rings. The number of guanidine groups is 2. The molecule has 3 N–H and O–H groups in total. The fraction of sp³-hybridized carbons (Fsp3) is 0.222. The Kier molecular flexibility index (Phi) is 6.17. The number of hydrogen-bond acceptors (Lipinski definition) is 1. The maximum absolute atomic E-state index is 5.91. The fourth-order valence-corrected chi connectivity index (χ4v) is 1.87. The van der Waals surface area contributed by atoms with E-state index < -0.39 is 0 Å². The van der Waals surface area contributed by atoms with Gasteiger partial charge in [-0.25, -0.2) is 4.99 Å². The Morgan fingerprint density at radius 1 is 0.957 bits per heavy atom. The lowest BCUT2D eigenvalue weighted by Crippen LogP contribution is -2.33. The molecule has 5 nitrogen and oxygen atoms in total. The molecule has 0 atom stereocenters. The van der Waals surface area contributed by atoms with Gasteiger partial charge in [0.1, 0.15) is 0 Å². The van der Waals surface area contributed by atoms with E-state index in [0.717, 1.165) is 5.56 Å². The molecule has 0 saturated heterocycles. The zero-order valence-electron chi connectivity index (χ0n) is 13.6. The van der Waals surface area contributed by atoms with Crippen LogP contribution in [0.4, 0.5) is 0 Å². The topological polar surface area (TPSA) is 66.0 Å². The highest BCUT2D eigenvalue weighted by atomic mass is 15.3. The molecule has 2 rings (SSSR count). The second-order valence-corrected chi connectivity index (χ2v) is 5.33. The van der Waals surface area contributed by atoms with Gasteiger partial charge < -0.3 is 16.0 Å². The van der Waals surface area contributed by atoms with Crippen LogP contribution in [0, 0.1) is 0 Å². The van der Waals surface area contributed by atoms with Crippen molar-refractivity contribution in [2.45, 2.75) is 13.1 Å². The van der Waals surface area contributed by atoms with E-state index in [4.69, 9.17) is 5.73 Å². The highest BCUT2D eigenvalue weighted by Gasteiger charge is 2.01. The number of rotatable bonds is 4. The van der Waals surface area contributed by atoms with Crippen LogP contribution in [0.1, 0.15) is 11.1 Å². The van der Waals surface area contributed by atoms with Crippen LogP contribution in [0.2, 0.25) is 0 Å². The number of hydrogen-bond donors (Lipinski definition) is 2. The molecule has 0 aliphatic rings. The van der Waals surface area contributed by atoms with Crippen molar-refractivity contribution < 1.29 is 0 Å². The van der Waals surface area contributed by atoms with Crippen molar-refractivity contribution in [2.75, 3.05) is 14.1 Å². The van der Waals surface area contributed by atoms with Crippen LogP contribution in [0.15, 0.2) is 70.6 Å². The number of nitrogens with two attached hydrogens (primary N) is 1. The normalized spacial score (nSPS) is 12.1. The van der Waals surface area contributed by atoms with E-state index in [9.17, 15) is 0 Å². The maximum atomic E-state index is 5.91. The van der Waals surface area contributed by atoms with E-state index in [0.29, 0.717) is 25.0 Å². The number of benzene rings is 2. The first kappa shape index (κ1) is 16.5. The highest BCUT2D eigenvalue weighted by Crippen LogP contribution is 2.02. The first-order valence-electron chi connectivity index (χ1n) is 7.53. The summed E-state index contributed by atoms with van der Waals surface area (Å²) < 4.78 is 0. The van der Waals surface area contributed by atoms with Gasteiger partial charge in [-0.3, -0.25) is 0 Å². The first-order chi connectivity index (χ1) is 11.1. The minimum Gasteiger partial charge on any atom is -0.369 e. The van der Waals surface area contributed by atoms with Crippen molar-refractivity contribution >= 4 is 11.9 Å². The molecule has 0 unspecified atom stereocenters. The molecule has 2 aromatic carbocycles. The number of aliphatic imine (C=N–C) groups is 2. The van der Waals surface area contributed by atoms with Gasteiger partial charge in [-0.15, -0.1) is 0 Å². The fourth-order valence-electron chi connectivity index (χ4n) is 1.87. The molecule has 2 aromatic rings. The molecule has 0 saturated carbocycles. The molecule has 0 bridgehead atoms. The quantitative estimate of drug-likeness (QED) is 0.672. The summed E-state index contributed by atoms with van der Waals surface area (Å²) in [6.45, 7) is 1.21. The monoisotopic (exact) mass is 309 g/mol. The van der Waals surface area contributed by atoms with Crippen LogP contribution < -0.4 is 11.1 Å². The Morgan fingerprint density at radius 2 is 1.52 bits per heavy atom. The molecular weight excluding hydrogens is 286 g/mol. The lowest BCUT2D eigenvalue weighted by molar-refractivity contribution is 0.614. The summed E-state index contributed by atoms with van der Waals surface area (Å²) in [5.74, 6) is 0.946. The summed E-state index contributed by atoms with van der Waals surface area (Å²) in [6, 6.07) is 20.2. The third-order valence-corrected chi connectivity index (χ3v) is 3.23. The van der Waals surface area contributed by atoms with Crippen LogP contribution in [-0.2, 0) is 13.1 Å². The van der Waals surface area contributed by atoms with Crippen LogP contribution in [0.3, 0.4) is 0 Å². The summed E-state index contributed by atoms with van der Waals surface area (Å²) in [5.41, 5.74) is 8.21. The van der Waals surface area contributed by atoms with Gasteiger partial charge in [0.25, 0.3) is 0 Å². The summed E-state index contributed by atoms with van der Waals surface area (Å²) in [7, 11) is 3.70. The van der Waals surface area contributed by atoms with Gasteiger partial charge >= 0.3 is 0 Å². The van der Waals surface area contributed by atoms with Gasteiger partial charge in [0.15, 0.2) is 5.96 Å². The van der Waals surface area contributed by atoms with Crippen molar-refractivity contribution in [2.24, 2.45) is 15.7 Å². The Morgan fingerprint density at radius 3 is 2.09 bits per heavy atom. The molecule has 0 radical (unpaired) electrons. The molecule has 0 aromatic heterocycles. The first-order valence-corrected chi connectivity index (χ1v) is 7.53. The van der Waals surface area contributed by atoms with Crippen LogP contribution >= 0.6 is 0 Å². The largest absolute Gasteiger partial charge is 0.369 e. The van der Waals surface area contributed by atoms with Gasteiger partial charge in [0.2, 0.25) is 5.96 Å². The van der Waals surface area contributed by atoms with Gasteiger partial charge in [0.05, 0.1) is 6.54 Å². The molecule has 5 heteroatoms. The second kappa shape index (κ2) is 8.58.